The Kier molecular flexibility index (Phi) is 30.0. The molecule has 2 atom stereocenters. The van der Waals surface area contributed by atoms with Crippen molar-refractivity contribution in [2.45, 2.75) is 148 Å². The predicted molar refractivity (Wildman–Crippen MR) is 190 cm³/mol. The molecule has 0 N–H and O–H groups in total. The molecule has 0 aliphatic rings. The number of esters is 2. The van der Waals surface area contributed by atoms with Crippen LogP contribution in [0.1, 0.15) is 142 Å². The maximum Gasteiger partial charge on any atom is 0.306 e. The lowest BCUT2D eigenvalue weighted by Gasteiger charge is -2.28. The molecule has 0 fully saturated rings. The highest BCUT2D eigenvalue weighted by molar-refractivity contribution is 7.45. The molecule has 0 amide bonds. The van der Waals surface area contributed by atoms with Crippen molar-refractivity contribution in [3.63, 3.8) is 0 Å². The van der Waals surface area contributed by atoms with Gasteiger partial charge in [-0.2, -0.15) is 0 Å². The van der Waals surface area contributed by atoms with E-state index in [1.807, 2.05) is 33.3 Å². The SMILES string of the molecule is CCCCCCCCCCCCCCCC(=O)OCC(COP(=O)([O-])OCC[N+](C)(C)C)OC(=O)CCCCCCC/C=C\C=C/C=O. The molecule has 0 radical (unpaired) electrons. The van der Waals surface area contributed by atoms with Crippen LogP contribution in [0.15, 0.2) is 24.3 Å². The van der Waals surface area contributed by atoms with Crippen LogP contribution < -0.4 is 4.89 Å². The van der Waals surface area contributed by atoms with Crippen LogP contribution in [0.5, 0.6) is 0 Å². The molecule has 0 bridgehead atoms. The Morgan fingerprint density at radius 3 is 1.75 bits per heavy atom. The molecule has 2 unspecified atom stereocenters. The minimum Gasteiger partial charge on any atom is -0.756 e. The number of ether oxygens (including phenoxy) is 2. The van der Waals surface area contributed by atoms with Crippen molar-refractivity contribution in [2.24, 2.45) is 0 Å². The number of carbonyl (C=O) groups is 3. The second kappa shape index (κ2) is 31.2. The number of allylic oxidation sites excluding steroid dienone is 4. The zero-order valence-corrected chi connectivity index (χ0v) is 31.6. The van der Waals surface area contributed by atoms with Gasteiger partial charge in [0.25, 0.3) is 7.82 Å². The first kappa shape index (κ1) is 46.2. The van der Waals surface area contributed by atoms with Crippen LogP contribution in [0.3, 0.4) is 0 Å². The van der Waals surface area contributed by atoms with E-state index in [2.05, 4.69) is 6.92 Å². The van der Waals surface area contributed by atoms with Crippen LogP contribution in [-0.2, 0) is 37.5 Å². The molecule has 0 aromatic carbocycles. The molecule has 0 saturated carbocycles. The molecule has 0 aliphatic carbocycles. The van der Waals surface area contributed by atoms with Gasteiger partial charge < -0.3 is 27.9 Å². The Balaban J connectivity index is 4.44. The van der Waals surface area contributed by atoms with E-state index in [1.165, 1.54) is 70.3 Å². The molecule has 0 saturated heterocycles. The van der Waals surface area contributed by atoms with Gasteiger partial charge in [-0.1, -0.05) is 121 Å². The molecule has 0 aromatic heterocycles. The van der Waals surface area contributed by atoms with Gasteiger partial charge in [0.15, 0.2) is 6.10 Å². The first-order chi connectivity index (χ1) is 23.0. The van der Waals surface area contributed by atoms with Crippen molar-refractivity contribution in [3.8, 4) is 0 Å². The maximum absolute atomic E-state index is 12.5. The zero-order valence-electron chi connectivity index (χ0n) is 30.7. The van der Waals surface area contributed by atoms with Gasteiger partial charge in [-0.15, -0.1) is 0 Å². The highest BCUT2D eigenvalue weighted by Gasteiger charge is 2.21. The third kappa shape index (κ3) is 34.0. The number of rotatable bonds is 34. The number of aldehydes is 1. The molecule has 0 rings (SSSR count). The Hall–Kier alpha value is -1.84. The predicted octanol–water partition coefficient (Wildman–Crippen LogP) is 8.17. The Morgan fingerprint density at radius 1 is 0.688 bits per heavy atom. The fourth-order valence-corrected chi connectivity index (χ4v) is 5.62. The first-order valence-electron chi connectivity index (χ1n) is 18.5. The number of phosphoric ester groups is 1. The molecule has 48 heavy (non-hydrogen) atoms. The summed E-state index contributed by atoms with van der Waals surface area (Å²) in [5.41, 5.74) is 0. The molecular formula is C37H68NO9P. The van der Waals surface area contributed by atoms with Crippen molar-refractivity contribution in [2.75, 3.05) is 47.5 Å². The monoisotopic (exact) mass is 701 g/mol. The summed E-state index contributed by atoms with van der Waals surface area (Å²) in [7, 11) is 1.11. The number of nitrogens with zero attached hydrogens (tertiary/aromatic N) is 1. The first-order valence-corrected chi connectivity index (χ1v) is 20.0. The Labute approximate surface area is 292 Å². The topological polar surface area (TPSA) is 128 Å². The quantitative estimate of drug-likeness (QED) is 0.0124. The average molecular weight is 702 g/mol. The summed E-state index contributed by atoms with van der Waals surface area (Å²) >= 11 is 0. The van der Waals surface area contributed by atoms with E-state index in [4.69, 9.17) is 18.5 Å². The van der Waals surface area contributed by atoms with E-state index >= 15 is 0 Å². The second-order valence-corrected chi connectivity index (χ2v) is 15.0. The van der Waals surface area contributed by atoms with Gasteiger partial charge in [-0.3, -0.25) is 18.9 Å². The fraction of sp³-hybridized carbons (Fsp3) is 0.811. The van der Waals surface area contributed by atoms with Crippen molar-refractivity contribution in [1.82, 2.24) is 0 Å². The number of likely N-dealkylation sites (N-methyl/N-ethyl adjacent to an activating group) is 1. The smallest absolute Gasteiger partial charge is 0.306 e. The lowest BCUT2D eigenvalue weighted by Crippen LogP contribution is -2.37. The summed E-state index contributed by atoms with van der Waals surface area (Å²) < 4.78 is 33.6. The zero-order chi connectivity index (χ0) is 35.8. The minimum absolute atomic E-state index is 0.0453. The summed E-state index contributed by atoms with van der Waals surface area (Å²) in [6, 6.07) is 0. The van der Waals surface area contributed by atoms with Gasteiger partial charge in [0.05, 0.1) is 27.7 Å². The number of carbonyl (C=O) groups excluding carboxylic acids is 3. The molecule has 0 spiro atoms. The number of unbranched alkanes of at least 4 members (excludes halogenated alkanes) is 17. The van der Waals surface area contributed by atoms with Gasteiger partial charge in [-0.25, -0.2) is 0 Å². The lowest BCUT2D eigenvalue weighted by atomic mass is 10.0. The van der Waals surface area contributed by atoms with Crippen LogP contribution in [0.4, 0.5) is 0 Å². The van der Waals surface area contributed by atoms with Crippen LogP contribution in [0, 0.1) is 0 Å². The molecule has 0 aliphatic heterocycles. The van der Waals surface area contributed by atoms with E-state index in [1.54, 1.807) is 6.08 Å². The molecule has 11 heteroatoms. The van der Waals surface area contributed by atoms with Gasteiger partial charge in [0, 0.05) is 12.8 Å². The van der Waals surface area contributed by atoms with E-state index in [9.17, 15) is 23.8 Å². The number of hydrogen-bond acceptors (Lipinski definition) is 9. The summed E-state index contributed by atoms with van der Waals surface area (Å²) in [6.45, 7) is 1.89. The van der Waals surface area contributed by atoms with Crippen LogP contribution in [0.25, 0.3) is 0 Å². The standard InChI is InChI=1S/C37H68NO9P/c1-5-6-7-8-9-10-11-12-13-16-19-22-25-28-36(40)44-33-35(34-46-48(42,43)45-32-30-38(2,3)4)47-37(41)29-26-23-20-17-14-15-18-21-24-27-31-39/h18,21,24,27,31,35H,5-17,19-20,22-23,25-26,28-30,32-34H2,1-4H3/b21-18-,27-24-. The highest BCUT2D eigenvalue weighted by atomic mass is 31.2. The second-order valence-electron chi connectivity index (χ2n) is 13.6. The van der Waals surface area contributed by atoms with Crippen LogP contribution in [-0.4, -0.2) is 76.3 Å². The normalized spacial score (nSPS) is 13.9. The number of quaternary nitrogens is 1. The Morgan fingerprint density at radius 2 is 1.21 bits per heavy atom. The van der Waals surface area contributed by atoms with Gasteiger partial charge in [0.2, 0.25) is 0 Å². The highest BCUT2D eigenvalue weighted by Crippen LogP contribution is 2.38. The molecule has 280 valence electrons. The molecule has 0 aromatic rings. The van der Waals surface area contributed by atoms with Crippen molar-refractivity contribution >= 4 is 26.0 Å². The van der Waals surface area contributed by atoms with E-state index in [0.717, 1.165) is 57.7 Å². The third-order valence-corrected chi connectivity index (χ3v) is 8.80. The summed E-state index contributed by atoms with van der Waals surface area (Å²) in [4.78, 5) is 47.5. The van der Waals surface area contributed by atoms with E-state index < -0.39 is 32.5 Å². The summed E-state index contributed by atoms with van der Waals surface area (Å²) in [5, 5.41) is 0. The summed E-state index contributed by atoms with van der Waals surface area (Å²) in [5.74, 6) is -0.897. The number of hydrogen-bond donors (Lipinski definition) is 0. The maximum atomic E-state index is 12.5. The Bertz CT molecular complexity index is 917. The van der Waals surface area contributed by atoms with Crippen LogP contribution >= 0.6 is 7.82 Å². The molecular weight excluding hydrogens is 633 g/mol. The summed E-state index contributed by atoms with van der Waals surface area (Å²) in [6.07, 6.45) is 28.3. The fourth-order valence-electron chi connectivity index (χ4n) is 4.89. The van der Waals surface area contributed by atoms with E-state index in [-0.39, 0.29) is 26.1 Å². The van der Waals surface area contributed by atoms with Crippen molar-refractivity contribution < 1.29 is 46.8 Å². The van der Waals surface area contributed by atoms with Gasteiger partial charge in [0.1, 0.15) is 26.0 Å². The van der Waals surface area contributed by atoms with Crippen molar-refractivity contribution in [3.05, 3.63) is 24.3 Å². The van der Waals surface area contributed by atoms with Crippen molar-refractivity contribution in [1.29, 1.82) is 0 Å². The minimum atomic E-state index is -4.63. The largest absolute Gasteiger partial charge is 0.756 e. The van der Waals surface area contributed by atoms with E-state index in [0.29, 0.717) is 17.4 Å². The third-order valence-electron chi connectivity index (χ3n) is 7.83. The van der Waals surface area contributed by atoms with Gasteiger partial charge >= 0.3 is 11.9 Å². The van der Waals surface area contributed by atoms with Gasteiger partial charge in [-0.05, 0) is 31.8 Å². The number of phosphoric acid groups is 1. The molecule has 0 heterocycles. The lowest BCUT2D eigenvalue weighted by molar-refractivity contribution is -0.870. The molecule has 10 nitrogen and oxygen atoms in total. The van der Waals surface area contributed by atoms with Crippen LogP contribution in [0.2, 0.25) is 0 Å². The average Bonchev–Trinajstić information content (AvgIpc) is 3.02.